The first kappa shape index (κ1) is 13.8. The third-order valence-corrected chi connectivity index (χ3v) is 3.64. The molecule has 0 spiro atoms. The number of fused-ring (bicyclic) bond motifs is 1. The number of nitrogens with zero attached hydrogens (tertiary/aromatic N) is 3. The second-order valence-electron chi connectivity index (χ2n) is 4.30. The number of benzene rings is 1. The van der Waals surface area contributed by atoms with Crippen molar-refractivity contribution in [1.82, 2.24) is 9.97 Å². The molecule has 0 saturated carbocycles. The van der Waals surface area contributed by atoms with Crippen LogP contribution in [0.3, 0.4) is 0 Å². The van der Waals surface area contributed by atoms with E-state index in [2.05, 4.69) is 35.9 Å². The van der Waals surface area contributed by atoms with Crippen molar-refractivity contribution < 1.29 is 4.84 Å². The Balaban J connectivity index is 2.28. The van der Waals surface area contributed by atoms with Crippen LogP contribution in [0.15, 0.2) is 35.7 Å². The molecule has 19 heavy (non-hydrogen) atoms. The van der Waals surface area contributed by atoms with Gasteiger partial charge in [-0.2, -0.15) is 4.98 Å². The second-order valence-corrected chi connectivity index (χ2v) is 5.59. The standard InChI is InChI=1S/C14H17N3OS/c1-4-19-14(10(2)3)17-18-13-11-7-5-6-8-12(11)15-9-16-13/h5-10H,4H2,1-3H3/b17-14+. The molecule has 0 aliphatic heterocycles. The normalized spacial score (nSPS) is 12.1. The lowest BCUT2D eigenvalue weighted by molar-refractivity contribution is 0.330. The fraction of sp³-hybridized carbons (Fsp3) is 0.357. The van der Waals surface area contributed by atoms with Crippen molar-refractivity contribution in [2.75, 3.05) is 5.75 Å². The Bertz CT molecular complexity index is 578. The van der Waals surface area contributed by atoms with Gasteiger partial charge in [0.25, 0.3) is 5.88 Å². The molecule has 0 aliphatic carbocycles. The van der Waals surface area contributed by atoms with Crippen molar-refractivity contribution in [3.05, 3.63) is 30.6 Å². The van der Waals surface area contributed by atoms with Gasteiger partial charge in [0, 0.05) is 5.92 Å². The molecule has 0 saturated heterocycles. The summed E-state index contributed by atoms with van der Waals surface area (Å²) in [6.45, 7) is 6.30. The summed E-state index contributed by atoms with van der Waals surface area (Å²) in [6, 6.07) is 7.74. The highest BCUT2D eigenvalue weighted by Crippen LogP contribution is 2.21. The van der Waals surface area contributed by atoms with Gasteiger partial charge in [0.1, 0.15) is 11.4 Å². The van der Waals surface area contributed by atoms with Crippen LogP contribution >= 0.6 is 11.8 Å². The smallest absolute Gasteiger partial charge is 0.259 e. The molecule has 2 aromatic rings. The highest BCUT2D eigenvalue weighted by Gasteiger charge is 2.08. The van der Waals surface area contributed by atoms with Crippen molar-refractivity contribution in [2.45, 2.75) is 20.8 Å². The summed E-state index contributed by atoms with van der Waals surface area (Å²) in [6.07, 6.45) is 1.50. The average Bonchev–Trinajstić information content (AvgIpc) is 2.43. The Kier molecular flexibility index (Phi) is 4.74. The van der Waals surface area contributed by atoms with Crippen LogP contribution in [0.5, 0.6) is 5.88 Å². The predicted molar refractivity (Wildman–Crippen MR) is 80.6 cm³/mol. The van der Waals surface area contributed by atoms with Gasteiger partial charge in [0.05, 0.1) is 10.9 Å². The van der Waals surface area contributed by atoms with Gasteiger partial charge < -0.3 is 4.84 Å². The Labute approximate surface area is 117 Å². The lowest BCUT2D eigenvalue weighted by atomic mass is 10.2. The summed E-state index contributed by atoms with van der Waals surface area (Å²) in [5.41, 5.74) is 0.858. The van der Waals surface area contributed by atoms with Crippen LogP contribution in [0.4, 0.5) is 0 Å². The van der Waals surface area contributed by atoms with Crippen molar-refractivity contribution in [1.29, 1.82) is 0 Å². The van der Waals surface area contributed by atoms with Crippen molar-refractivity contribution >= 4 is 27.7 Å². The molecular weight excluding hydrogens is 258 g/mol. The maximum atomic E-state index is 5.51. The maximum absolute atomic E-state index is 5.51. The fourth-order valence-electron chi connectivity index (χ4n) is 1.59. The molecule has 2 rings (SSSR count). The van der Waals surface area contributed by atoms with E-state index in [-0.39, 0.29) is 0 Å². The van der Waals surface area contributed by atoms with Crippen LogP contribution in [-0.2, 0) is 0 Å². The zero-order valence-electron chi connectivity index (χ0n) is 11.3. The van der Waals surface area contributed by atoms with E-state index < -0.39 is 0 Å². The minimum atomic E-state index is 0.345. The summed E-state index contributed by atoms with van der Waals surface area (Å²) in [5.74, 6) is 1.82. The van der Waals surface area contributed by atoms with E-state index in [4.69, 9.17) is 4.84 Å². The van der Waals surface area contributed by atoms with Crippen LogP contribution in [0.2, 0.25) is 0 Å². The monoisotopic (exact) mass is 275 g/mol. The van der Waals surface area contributed by atoms with E-state index in [9.17, 15) is 0 Å². The molecule has 4 nitrogen and oxygen atoms in total. The van der Waals surface area contributed by atoms with Gasteiger partial charge >= 0.3 is 0 Å². The van der Waals surface area contributed by atoms with Gasteiger partial charge in [-0.25, -0.2) is 4.98 Å². The molecule has 0 amide bonds. The van der Waals surface area contributed by atoms with E-state index in [0.29, 0.717) is 11.8 Å². The molecule has 0 N–H and O–H groups in total. The van der Waals surface area contributed by atoms with E-state index in [1.165, 1.54) is 6.33 Å². The summed E-state index contributed by atoms with van der Waals surface area (Å²) in [5, 5.41) is 6.07. The first-order valence-electron chi connectivity index (χ1n) is 6.29. The topological polar surface area (TPSA) is 47.4 Å². The molecule has 1 aromatic heterocycles. The molecule has 0 radical (unpaired) electrons. The molecule has 0 aliphatic rings. The highest BCUT2D eigenvalue weighted by atomic mass is 32.2. The van der Waals surface area contributed by atoms with Gasteiger partial charge in [-0.3, -0.25) is 0 Å². The first-order chi connectivity index (χ1) is 9.22. The van der Waals surface area contributed by atoms with E-state index >= 15 is 0 Å². The number of aromatic nitrogens is 2. The Hall–Kier alpha value is -1.62. The van der Waals surface area contributed by atoms with Gasteiger partial charge in [-0.15, -0.1) is 11.8 Å². The SMILES string of the molecule is CCS/C(=N/Oc1ncnc2ccccc12)C(C)C. The van der Waals surface area contributed by atoms with E-state index in [1.54, 1.807) is 11.8 Å². The molecule has 0 unspecified atom stereocenters. The largest absolute Gasteiger partial charge is 0.335 e. The van der Waals surface area contributed by atoms with Gasteiger partial charge in [0.2, 0.25) is 0 Å². The van der Waals surface area contributed by atoms with E-state index in [0.717, 1.165) is 21.7 Å². The van der Waals surface area contributed by atoms with Crippen molar-refractivity contribution in [3.63, 3.8) is 0 Å². The number of oxime groups is 1. The maximum Gasteiger partial charge on any atom is 0.259 e. The minimum Gasteiger partial charge on any atom is -0.335 e. The number of hydrogen-bond acceptors (Lipinski definition) is 5. The number of hydrogen-bond donors (Lipinski definition) is 0. The van der Waals surface area contributed by atoms with Gasteiger partial charge in [0.15, 0.2) is 0 Å². The summed E-state index contributed by atoms with van der Waals surface area (Å²) in [7, 11) is 0. The lowest BCUT2D eigenvalue weighted by Crippen LogP contribution is -2.05. The molecule has 0 fully saturated rings. The fourth-order valence-corrected chi connectivity index (χ4v) is 2.31. The van der Waals surface area contributed by atoms with Crippen LogP contribution < -0.4 is 4.84 Å². The molecule has 1 aromatic carbocycles. The van der Waals surface area contributed by atoms with Gasteiger partial charge in [-0.1, -0.05) is 38.1 Å². The number of para-hydroxylation sites is 1. The number of rotatable bonds is 4. The lowest BCUT2D eigenvalue weighted by Gasteiger charge is -2.08. The Morgan fingerprint density at radius 1 is 1.32 bits per heavy atom. The zero-order valence-corrected chi connectivity index (χ0v) is 12.1. The quantitative estimate of drug-likeness (QED) is 0.484. The molecule has 1 heterocycles. The van der Waals surface area contributed by atoms with Crippen LogP contribution in [-0.4, -0.2) is 20.8 Å². The van der Waals surface area contributed by atoms with Crippen LogP contribution in [0.25, 0.3) is 10.9 Å². The van der Waals surface area contributed by atoms with Crippen molar-refractivity contribution in [2.24, 2.45) is 11.1 Å². The van der Waals surface area contributed by atoms with Crippen LogP contribution in [0.1, 0.15) is 20.8 Å². The Morgan fingerprint density at radius 2 is 2.11 bits per heavy atom. The van der Waals surface area contributed by atoms with Crippen LogP contribution in [0, 0.1) is 5.92 Å². The average molecular weight is 275 g/mol. The minimum absolute atomic E-state index is 0.345. The molecule has 0 atom stereocenters. The summed E-state index contributed by atoms with van der Waals surface area (Å²) >= 11 is 1.69. The molecule has 100 valence electrons. The third kappa shape index (κ3) is 3.44. The van der Waals surface area contributed by atoms with E-state index in [1.807, 2.05) is 24.3 Å². The molecule has 5 heteroatoms. The zero-order chi connectivity index (χ0) is 13.7. The number of thioether (sulfide) groups is 1. The Morgan fingerprint density at radius 3 is 2.84 bits per heavy atom. The molecular formula is C14H17N3OS. The first-order valence-corrected chi connectivity index (χ1v) is 7.28. The predicted octanol–water partition coefficient (Wildman–Crippen LogP) is 3.73. The van der Waals surface area contributed by atoms with Gasteiger partial charge in [-0.05, 0) is 17.9 Å². The van der Waals surface area contributed by atoms with Crippen molar-refractivity contribution in [3.8, 4) is 5.88 Å². The summed E-state index contributed by atoms with van der Waals surface area (Å²) < 4.78 is 0. The highest BCUT2D eigenvalue weighted by molar-refractivity contribution is 8.13. The molecule has 0 bridgehead atoms. The third-order valence-electron chi connectivity index (χ3n) is 2.51. The second kappa shape index (κ2) is 6.52. The summed E-state index contributed by atoms with van der Waals surface area (Å²) in [4.78, 5) is 13.9.